The number of ether oxygens (including phenoxy) is 1. The predicted octanol–water partition coefficient (Wildman–Crippen LogP) is 2.12. The van der Waals surface area contributed by atoms with Crippen molar-refractivity contribution in [1.29, 1.82) is 0 Å². The lowest BCUT2D eigenvalue weighted by Gasteiger charge is -2.04. The van der Waals surface area contributed by atoms with Gasteiger partial charge in [0.1, 0.15) is 6.29 Å². The summed E-state index contributed by atoms with van der Waals surface area (Å²) in [4.78, 5) is 20.8. The van der Waals surface area contributed by atoms with E-state index in [0.717, 1.165) is 19.3 Å². The van der Waals surface area contributed by atoms with Crippen LogP contribution in [0.2, 0.25) is 0 Å². The van der Waals surface area contributed by atoms with Gasteiger partial charge in [-0.05, 0) is 6.42 Å². The smallest absolute Gasteiger partial charge is 0.220 e. The second kappa shape index (κ2) is 24.3. The van der Waals surface area contributed by atoms with Crippen molar-refractivity contribution in [2.75, 3.05) is 26.9 Å². The molecule has 0 unspecified atom stereocenters. The van der Waals surface area contributed by atoms with Gasteiger partial charge in [-0.15, -0.1) is 0 Å². The highest BCUT2D eigenvalue weighted by Crippen LogP contribution is 1.84. The van der Waals surface area contributed by atoms with E-state index in [2.05, 4.69) is 5.32 Å². The van der Waals surface area contributed by atoms with Crippen molar-refractivity contribution in [3.05, 3.63) is 0 Å². The summed E-state index contributed by atoms with van der Waals surface area (Å²) in [6.07, 6.45) is 2.30. The van der Waals surface area contributed by atoms with Gasteiger partial charge >= 0.3 is 0 Å². The molecule has 0 aromatic carbocycles. The van der Waals surface area contributed by atoms with Crippen molar-refractivity contribution in [2.45, 2.75) is 40.0 Å². The van der Waals surface area contributed by atoms with E-state index in [4.69, 9.17) is 4.74 Å². The Morgan fingerprint density at radius 1 is 1.29 bits per heavy atom. The van der Waals surface area contributed by atoms with Crippen molar-refractivity contribution in [3.8, 4) is 0 Å². The molecule has 0 aliphatic heterocycles. The van der Waals surface area contributed by atoms with Crippen LogP contribution in [-0.4, -0.2) is 39.1 Å². The molecule has 0 aliphatic carbocycles. The second-order valence-electron chi connectivity index (χ2n) is 2.67. The lowest BCUT2D eigenvalue weighted by molar-refractivity contribution is -0.122. The zero-order chi connectivity index (χ0) is 13.9. The van der Waals surface area contributed by atoms with E-state index >= 15 is 0 Å². The van der Waals surface area contributed by atoms with Crippen molar-refractivity contribution in [1.82, 2.24) is 5.32 Å². The number of carbonyl (C=O) groups is 2. The number of hydrogen-bond acceptors (Lipinski definition) is 3. The summed E-state index contributed by atoms with van der Waals surface area (Å²) < 4.78 is 14.7. The number of halogens is 1. The fraction of sp³-hybridized carbons (Fsp3) is 0.833. The maximum Gasteiger partial charge on any atom is 0.220 e. The number of hydrogen-bond donors (Lipinski definition) is 1. The summed E-state index contributed by atoms with van der Waals surface area (Å²) >= 11 is 0. The summed E-state index contributed by atoms with van der Waals surface area (Å²) in [7, 11) is 0.500. The molecule has 0 spiro atoms. The maximum atomic E-state index is 10.9. The average Bonchev–Trinajstić information content (AvgIpc) is 2.41. The summed E-state index contributed by atoms with van der Waals surface area (Å²) in [6.45, 7) is 7.82. The average molecular weight is 251 g/mol. The minimum Gasteiger partial charge on any atom is -0.380 e. The zero-order valence-electron chi connectivity index (χ0n) is 11.4. The van der Waals surface area contributed by atoms with Gasteiger partial charge in [-0.25, -0.2) is 0 Å². The van der Waals surface area contributed by atoms with Crippen LogP contribution in [0.3, 0.4) is 0 Å². The molecule has 0 heterocycles. The first-order chi connectivity index (χ1) is 8.31. The van der Waals surface area contributed by atoms with E-state index in [-0.39, 0.29) is 12.3 Å². The normalized spacial score (nSPS) is 8.06. The van der Waals surface area contributed by atoms with Gasteiger partial charge in [0.05, 0.1) is 13.8 Å². The summed E-state index contributed by atoms with van der Waals surface area (Å²) in [5.74, 6) is -0.0906. The molecular weight excluding hydrogens is 225 g/mol. The SMILES string of the molecule is CC.CCCOCCNC(=O)CCC=O.CF. The molecule has 0 saturated carbocycles. The van der Waals surface area contributed by atoms with Crippen LogP contribution in [-0.2, 0) is 14.3 Å². The molecule has 0 saturated heterocycles. The highest BCUT2D eigenvalue weighted by atomic mass is 19.1. The third kappa shape index (κ3) is 25.4. The lowest BCUT2D eigenvalue weighted by Crippen LogP contribution is -2.27. The molecule has 104 valence electrons. The second-order valence-corrected chi connectivity index (χ2v) is 2.67. The van der Waals surface area contributed by atoms with Gasteiger partial charge in [0.25, 0.3) is 0 Å². The molecule has 1 N–H and O–H groups in total. The largest absolute Gasteiger partial charge is 0.380 e. The Hall–Kier alpha value is -0.970. The Balaban J connectivity index is -0.000000439. The zero-order valence-corrected chi connectivity index (χ0v) is 11.4. The van der Waals surface area contributed by atoms with Gasteiger partial charge in [-0.1, -0.05) is 20.8 Å². The monoisotopic (exact) mass is 251 g/mol. The summed E-state index contributed by atoms with van der Waals surface area (Å²) in [6, 6.07) is 0. The first-order valence-electron chi connectivity index (χ1n) is 5.97. The van der Waals surface area contributed by atoms with Crippen LogP contribution in [0, 0.1) is 0 Å². The number of nitrogens with one attached hydrogen (secondary N) is 1. The number of amides is 1. The van der Waals surface area contributed by atoms with E-state index < -0.39 is 0 Å². The van der Waals surface area contributed by atoms with Crippen LogP contribution in [0.5, 0.6) is 0 Å². The molecule has 17 heavy (non-hydrogen) atoms. The van der Waals surface area contributed by atoms with Gasteiger partial charge in [0.15, 0.2) is 0 Å². The Morgan fingerprint density at radius 2 is 1.88 bits per heavy atom. The van der Waals surface area contributed by atoms with Crippen LogP contribution >= 0.6 is 0 Å². The van der Waals surface area contributed by atoms with Gasteiger partial charge in [-0.3, -0.25) is 9.18 Å². The van der Waals surface area contributed by atoms with Crippen molar-refractivity contribution >= 4 is 12.2 Å². The molecule has 0 atom stereocenters. The number of carbonyl (C=O) groups excluding carboxylic acids is 2. The molecule has 4 nitrogen and oxygen atoms in total. The summed E-state index contributed by atoms with van der Waals surface area (Å²) in [5, 5.41) is 2.65. The van der Waals surface area contributed by atoms with E-state index in [9.17, 15) is 14.0 Å². The van der Waals surface area contributed by atoms with Crippen molar-refractivity contribution in [2.24, 2.45) is 0 Å². The Labute approximate surface area is 104 Å². The fourth-order valence-corrected chi connectivity index (χ4v) is 0.787. The van der Waals surface area contributed by atoms with Crippen LogP contribution in [0.4, 0.5) is 4.39 Å². The summed E-state index contributed by atoms with van der Waals surface area (Å²) in [5.41, 5.74) is 0. The van der Waals surface area contributed by atoms with Crippen LogP contribution in [0.25, 0.3) is 0 Å². The molecule has 0 aliphatic rings. The molecule has 1 amide bonds. The van der Waals surface area contributed by atoms with Gasteiger partial charge in [0.2, 0.25) is 5.91 Å². The fourth-order valence-electron chi connectivity index (χ4n) is 0.787. The van der Waals surface area contributed by atoms with E-state index in [1.807, 2.05) is 20.8 Å². The third-order valence-electron chi connectivity index (χ3n) is 1.41. The van der Waals surface area contributed by atoms with Crippen LogP contribution < -0.4 is 5.32 Å². The lowest BCUT2D eigenvalue weighted by atomic mass is 10.3. The number of rotatable bonds is 8. The predicted molar refractivity (Wildman–Crippen MR) is 67.8 cm³/mol. The van der Waals surface area contributed by atoms with Crippen LogP contribution in [0.1, 0.15) is 40.0 Å². The van der Waals surface area contributed by atoms with Gasteiger partial charge in [0, 0.05) is 26.0 Å². The molecule has 0 bridgehead atoms. The van der Waals surface area contributed by atoms with Crippen molar-refractivity contribution in [3.63, 3.8) is 0 Å². The van der Waals surface area contributed by atoms with Crippen molar-refractivity contribution < 1.29 is 18.7 Å². The maximum absolute atomic E-state index is 10.9. The molecular formula is C12H26FNO3. The van der Waals surface area contributed by atoms with E-state index in [1.54, 1.807) is 0 Å². The highest BCUT2D eigenvalue weighted by molar-refractivity contribution is 5.77. The Morgan fingerprint density at radius 3 is 2.35 bits per heavy atom. The van der Waals surface area contributed by atoms with E-state index in [1.165, 1.54) is 0 Å². The first kappa shape index (κ1) is 21.3. The van der Waals surface area contributed by atoms with Gasteiger partial charge < -0.3 is 14.8 Å². The molecule has 0 aromatic rings. The minimum atomic E-state index is -0.0906. The quantitative estimate of drug-likeness (QED) is 0.531. The molecule has 0 radical (unpaired) electrons. The van der Waals surface area contributed by atoms with E-state index in [0.29, 0.717) is 26.7 Å². The first-order valence-corrected chi connectivity index (χ1v) is 5.97. The number of alkyl halides is 1. The molecule has 0 aromatic heterocycles. The Bertz CT molecular complexity index is 155. The van der Waals surface area contributed by atoms with Gasteiger partial charge in [-0.2, -0.15) is 0 Å². The minimum absolute atomic E-state index is 0.0906. The topological polar surface area (TPSA) is 55.4 Å². The molecule has 0 rings (SSSR count). The highest BCUT2D eigenvalue weighted by Gasteiger charge is 1.98. The standard InChI is InChI=1S/C9H17NO3.C2H6.CH3F/c1-2-7-13-8-5-10-9(12)4-3-6-11;2*1-2/h6H,2-5,7-8H2,1H3,(H,10,12);1-2H3;1H3. The Kier molecular flexibility index (Phi) is 30.5. The third-order valence-corrected chi connectivity index (χ3v) is 1.41. The number of aldehydes is 1. The molecule has 0 fully saturated rings. The molecule has 5 heteroatoms. The van der Waals surface area contributed by atoms with Crippen LogP contribution in [0.15, 0.2) is 0 Å².